The summed E-state index contributed by atoms with van der Waals surface area (Å²) < 4.78 is 6.50. The van der Waals surface area contributed by atoms with Crippen molar-refractivity contribution in [3.05, 3.63) is 57.4 Å². The van der Waals surface area contributed by atoms with Crippen LogP contribution in [0.3, 0.4) is 0 Å². The van der Waals surface area contributed by atoms with Crippen LogP contribution in [0.15, 0.2) is 35.1 Å². The predicted molar refractivity (Wildman–Crippen MR) is 84.4 cm³/mol. The Balaban J connectivity index is 2.66. The highest BCUT2D eigenvalue weighted by Gasteiger charge is 2.15. The third-order valence-corrected chi connectivity index (χ3v) is 3.58. The molecular weight excluding hydrogens is 282 g/mol. The Bertz CT molecular complexity index is 762. The average Bonchev–Trinajstić information content (AvgIpc) is 2.45. The van der Waals surface area contributed by atoms with Gasteiger partial charge in [-0.1, -0.05) is 23.8 Å². The van der Waals surface area contributed by atoms with Crippen molar-refractivity contribution >= 4 is 5.97 Å². The fourth-order valence-corrected chi connectivity index (χ4v) is 2.48. The minimum Gasteiger partial charge on any atom is -0.477 e. The van der Waals surface area contributed by atoms with Gasteiger partial charge in [-0.15, -0.1) is 0 Å². The molecule has 5 nitrogen and oxygen atoms in total. The molecule has 0 aliphatic carbocycles. The van der Waals surface area contributed by atoms with Gasteiger partial charge in [-0.3, -0.25) is 4.79 Å². The molecule has 22 heavy (non-hydrogen) atoms. The van der Waals surface area contributed by atoms with Gasteiger partial charge in [0, 0.05) is 19.2 Å². The molecule has 0 aliphatic rings. The maximum Gasteiger partial charge on any atom is 0.341 e. The van der Waals surface area contributed by atoms with E-state index >= 15 is 0 Å². The molecule has 2 aromatic rings. The van der Waals surface area contributed by atoms with E-state index in [2.05, 4.69) is 0 Å². The number of methoxy groups -OCH3 is 1. The summed E-state index contributed by atoms with van der Waals surface area (Å²) >= 11 is 0. The van der Waals surface area contributed by atoms with E-state index in [1.54, 1.807) is 13.2 Å². The minimum atomic E-state index is -1.22. The van der Waals surface area contributed by atoms with Gasteiger partial charge in [-0.05, 0) is 31.5 Å². The molecule has 5 heteroatoms. The molecule has 0 saturated carbocycles. The summed E-state index contributed by atoms with van der Waals surface area (Å²) in [6, 6.07) is 8.99. The van der Waals surface area contributed by atoms with Gasteiger partial charge in [-0.25, -0.2) is 4.79 Å². The maximum atomic E-state index is 12.4. The molecule has 116 valence electrons. The van der Waals surface area contributed by atoms with Crippen LogP contribution in [0.5, 0.6) is 0 Å². The van der Waals surface area contributed by atoms with Crippen LogP contribution in [-0.4, -0.2) is 29.4 Å². The highest BCUT2D eigenvalue weighted by molar-refractivity contribution is 5.87. The number of ether oxygens (including phenoxy) is 1. The van der Waals surface area contributed by atoms with E-state index in [0.29, 0.717) is 18.8 Å². The molecule has 0 atom stereocenters. The third kappa shape index (κ3) is 3.09. The molecule has 0 fully saturated rings. The van der Waals surface area contributed by atoms with E-state index in [9.17, 15) is 9.59 Å². The lowest BCUT2D eigenvalue weighted by Crippen LogP contribution is -2.29. The third-order valence-electron chi connectivity index (χ3n) is 3.58. The Morgan fingerprint density at radius 2 is 1.95 bits per heavy atom. The van der Waals surface area contributed by atoms with E-state index in [1.165, 1.54) is 10.6 Å². The first-order valence-electron chi connectivity index (χ1n) is 6.99. The van der Waals surface area contributed by atoms with Crippen molar-refractivity contribution in [3.63, 3.8) is 0 Å². The molecule has 0 bridgehead atoms. The van der Waals surface area contributed by atoms with Gasteiger partial charge in [0.2, 0.25) is 0 Å². The molecule has 2 rings (SSSR count). The number of hydrogen-bond acceptors (Lipinski definition) is 3. The number of nitrogens with zero attached hydrogens (tertiary/aromatic N) is 1. The number of carboxylic acids is 1. The quantitative estimate of drug-likeness (QED) is 0.921. The number of rotatable bonds is 5. The number of hydrogen-bond donors (Lipinski definition) is 1. The van der Waals surface area contributed by atoms with Crippen molar-refractivity contribution in [2.24, 2.45) is 0 Å². The van der Waals surface area contributed by atoms with Gasteiger partial charge in [0.15, 0.2) is 0 Å². The smallest absolute Gasteiger partial charge is 0.341 e. The highest BCUT2D eigenvalue weighted by Crippen LogP contribution is 2.23. The second-order valence-corrected chi connectivity index (χ2v) is 5.21. The fraction of sp³-hybridized carbons (Fsp3) is 0.294. The van der Waals surface area contributed by atoms with Crippen LogP contribution < -0.4 is 5.56 Å². The molecule has 0 spiro atoms. The van der Waals surface area contributed by atoms with Crippen LogP contribution in [0.1, 0.15) is 21.5 Å². The van der Waals surface area contributed by atoms with Gasteiger partial charge in [-0.2, -0.15) is 0 Å². The van der Waals surface area contributed by atoms with Crippen LogP contribution in [0, 0.1) is 13.8 Å². The number of aromatic nitrogens is 1. The molecule has 1 N–H and O–H groups in total. The standard InChI is InChI=1S/C17H19NO4/c1-11-4-5-13(12(2)10-11)15-7-6-14(17(20)21)16(19)18(15)8-9-22-3/h4-7,10H,8-9H2,1-3H3,(H,20,21). The molecule has 1 heterocycles. The van der Waals surface area contributed by atoms with Gasteiger partial charge < -0.3 is 14.4 Å². The van der Waals surface area contributed by atoms with Crippen LogP contribution in [0.2, 0.25) is 0 Å². The number of pyridine rings is 1. The molecule has 1 aromatic heterocycles. The maximum absolute atomic E-state index is 12.4. The van der Waals surface area contributed by atoms with Crippen molar-refractivity contribution in [1.29, 1.82) is 0 Å². The average molecular weight is 301 g/mol. The molecule has 0 unspecified atom stereocenters. The number of aromatic carboxylic acids is 1. The lowest BCUT2D eigenvalue weighted by atomic mass is 10.0. The summed E-state index contributed by atoms with van der Waals surface area (Å²) in [6.45, 7) is 4.61. The largest absolute Gasteiger partial charge is 0.477 e. The zero-order valence-corrected chi connectivity index (χ0v) is 12.9. The molecule has 0 saturated heterocycles. The van der Waals surface area contributed by atoms with Gasteiger partial charge in [0.1, 0.15) is 5.56 Å². The summed E-state index contributed by atoms with van der Waals surface area (Å²) in [5.41, 5.74) is 3.04. The minimum absolute atomic E-state index is 0.232. The van der Waals surface area contributed by atoms with E-state index in [4.69, 9.17) is 9.84 Å². The van der Waals surface area contributed by atoms with Crippen LogP contribution in [-0.2, 0) is 11.3 Å². The Morgan fingerprint density at radius 1 is 1.23 bits per heavy atom. The number of carboxylic acid groups (broad SMARTS) is 1. The second kappa shape index (κ2) is 6.58. The Kier molecular flexibility index (Phi) is 4.78. The van der Waals surface area contributed by atoms with Crippen molar-refractivity contribution in [2.45, 2.75) is 20.4 Å². The molecule has 0 radical (unpaired) electrons. The molecule has 1 aromatic carbocycles. The number of benzene rings is 1. The van der Waals surface area contributed by atoms with Crippen LogP contribution >= 0.6 is 0 Å². The molecular formula is C17H19NO4. The van der Waals surface area contributed by atoms with E-state index in [-0.39, 0.29) is 5.56 Å². The SMILES string of the molecule is COCCn1c(-c2ccc(C)cc2C)ccc(C(=O)O)c1=O. The van der Waals surface area contributed by atoms with Crippen LogP contribution in [0.25, 0.3) is 11.3 Å². The Labute approximate surface area is 128 Å². The monoisotopic (exact) mass is 301 g/mol. The summed E-state index contributed by atoms with van der Waals surface area (Å²) in [5.74, 6) is -1.22. The Hall–Kier alpha value is -2.40. The number of aryl methyl sites for hydroxylation is 2. The summed E-state index contributed by atoms with van der Waals surface area (Å²) in [6.07, 6.45) is 0. The number of carbonyl (C=O) groups is 1. The van der Waals surface area contributed by atoms with Crippen molar-refractivity contribution < 1.29 is 14.6 Å². The first kappa shape index (κ1) is 16.0. The highest BCUT2D eigenvalue weighted by atomic mass is 16.5. The summed E-state index contributed by atoms with van der Waals surface area (Å²) in [5, 5.41) is 9.12. The normalized spacial score (nSPS) is 10.7. The molecule has 0 aliphatic heterocycles. The summed E-state index contributed by atoms with van der Waals surface area (Å²) in [4.78, 5) is 23.6. The Morgan fingerprint density at radius 3 is 2.55 bits per heavy atom. The van der Waals surface area contributed by atoms with E-state index < -0.39 is 11.5 Å². The van der Waals surface area contributed by atoms with Crippen LogP contribution in [0.4, 0.5) is 0 Å². The van der Waals surface area contributed by atoms with Crippen molar-refractivity contribution in [3.8, 4) is 11.3 Å². The first-order chi connectivity index (χ1) is 10.5. The fourth-order valence-electron chi connectivity index (χ4n) is 2.48. The van der Waals surface area contributed by atoms with Gasteiger partial charge >= 0.3 is 5.97 Å². The van der Waals surface area contributed by atoms with Crippen molar-refractivity contribution in [2.75, 3.05) is 13.7 Å². The molecule has 0 amide bonds. The lowest BCUT2D eigenvalue weighted by Gasteiger charge is -2.15. The van der Waals surface area contributed by atoms with E-state index in [1.807, 2.05) is 32.0 Å². The van der Waals surface area contributed by atoms with Gasteiger partial charge in [0.25, 0.3) is 5.56 Å². The zero-order chi connectivity index (χ0) is 16.3. The zero-order valence-electron chi connectivity index (χ0n) is 12.9. The second-order valence-electron chi connectivity index (χ2n) is 5.21. The lowest BCUT2D eigenvalue weighted by molar-refractivity contribution is 0.0694. The summed E-state index contributed by atoms with van der Waals surface area (Å²) in [7, 11) is 1.54. The van der Waals surface area contributed by atoms with Crippen molar-refractivity contribution in [1.82, 2.24) is 4.57 Å². The topological polar surface area (TPSA) is 68.5 Å². The predicted octanol–water partition coefficient (Wildman–Crippen LogP) is 2.48. The van der Waals surface area contributed by atoms with E-state index in [0.717, 1.165) is 16.7 Å². The van der Waals surface area contributed by atoms with Gasteiger partial charge in [0.05, 0.1) is 12.3 Å². The first-order valence-corrected chi connectivity index (χ1v) is 6.99.